The molecule has 0 saturated carbocycles. The predicted octanol–water partition coefficient (Wildman–Crippen LogP) is 4.21. The third-order valence-electron chi connectivity index (χ3n) is 2.86. The molecule has 3 nitrogen and oxygen atoms in total. The first-order valence-corrected chi connectivity index (χ1v) is 6.64. The maximum absolute atomic E-state index is 12.0. The Bertz CT molecular complexity index is 594. The lowest BCUT2D eigenvalue weighted by Crippen LogP contribution is -2.09. The van der Waals surface area contributed by atoms with Gasteiger partial charge in [0.2, 0.25) is 0 Å². The van der Waals surface area contributed by atoms with Gasteiger partial charge in [-0.2, -0.15) is 0 Å². The van der Waals surface area contributed by atoms with Gasteiger partial charge in [-0.1, -0.05) is 24.3 Å². The van der Waals surface area contributed by atoms with Gasteiger partial charge in [-0.15, -0.1) is 11.6 Å². The number of hydrogen-bond acceptors (Lipinski definition) is 3. The minimum atomic E-state index is -0.421. The van der Waals surface area contributed by atoms with Gasteiger partial charge in [-0.3, -0.25) is 0 Å². The topological polar surface area (TPSA) is 35.5 Å². The zero-order valence-electron chi connectivity index (χ0n) is 11.3. The largest absolute Gasteiger partial charge is 0.493 e. The number of ether oxygens (including phenoxy) is 2. The third kappa shape index (κ3) is 3.31. The Morgan fingerprint density at radius 1 is 1.10 bits per heavy atom. The van der Waals surface area contributed by atoms with Crippen LogP contribution < -0.4 is 9.47 Å². The molecule has 2 rings (SSSR count). The molecule has 0 radical (unpaired) electrons. The molecule has 0 heterocycles. The summed E-state index contributed by atoms with van der Waals surface area (Å²) < 4.78 is 10.6. The van der Waals surface area contributed by atoms with Crippen LogP contribution in [-0.2, 0) is 0 Å². The van der Waals surface area contributed by atoms with Gasteiger partial charge in [-0.05, 0) is 36.8 Å². The van der Waals surface area contributed by atoms with Crippen LogP contribution in [-0.4, -0.2) is 13.1 Å². The number of esters is 1. The van der Waals surface area contributed by atoms with Crippen molar-refractivity contribution in [1.29, 1.82) is 0 Å². The van der Waals surface area contributed by atoms with Crippen molar-refractivity contribution in [2.75, 3.05) is 7.11 Å². The van der Waals surface area contributed by atoms with E-state index in [0.29, 0.717) is 17.1 Å². The van der Waals surface area contributed by atoms with E-state index in [1.165, 1.54) is 7.11 Å². The van der Waals surface area contributed by atoms with Gasteiger partial charge < -0.3 is 9.47 Å². The van der Waals surface area contributed by atoms with Crippen molar-refractivity contribution in [1.82, 2.24) is 0 Å². The highest BCUT2D eigenvalue weighted by molar-refractivity contribution is 6.20. The molecule has 2 aromatic rings. The number of carbonyl (C=O) groups excluding carboxylic acids is 1. The first kappa shape index (κ1) is 14.4. The number of halogens is 1. The van der Waals surface area contributed by atoms with E-state index < -0.39 is 5.97 Å². The molecular weight excluding hydrogens is 276 g/mol. The first-order chi connectivity index (χ1) is 9.61. The van der Waals surface area contributed by atoms with E-state index in [2.05, 4.69) is 0 Å². The lowest BCUT2D eigenvalue weighted by Gasteiger charge is -2.12. The lowest BCUT2D eigenvalue weighted by atomic mass is 10.1. The fourth-order valence-corrected chi connectivity index (χ4v) is 1.88. The highest BCUT2D eigenvalue weighted by Gasteiger charge is 2.13. The molecule has 0 aromatic heterocycles. The van der Waals surface area contributed by atoms with Crippen LogP contribution in [0.4, 0.5) is 0 Å². The molecule has 0 spiro atoms. The van der Waals surface area contributed by atoms with E-state index in [9.17, 15) is 4.79 Å². The molecule has 0 fully saturated rings. The molecule has 0 bridgehead atoms. The van der Waals surface area contributed by atoms with Crippen LogP contribution in [0, 0.1) is 0 Å². The Balaban J connectivity index is 2.23. The van der Waals surface area contributed by atoms with E-state index in [4.69, 9.17) is 21.1 Å². The van der Waals surface area contributed by atoms with Crippen molar-refractivity contribution in [2.24, 2.45) is 0 Å². The van der Waals surface area contributed by atoms with E-state index in [1.54, 1.807) is 36.4 Å². The second-order valence-electron chi connectivity index (χ2n) is 4.28. The molecular formula is C16H15ClO3. The van der Waals surface area contributed by atoms with Crippen LogP contribution in [0.3, 0.4) is 0 Å². The van der Waals surface area contributed by atoms with Crippen molar-refractivity contribution in [3.63, 3.8) is 0 Å². The number of methoxy groups -OCH3 is 1. The van der Waals surface area contributed by atoms with Crippen LogP contribution in [0.15, 0.2) is 48.5 Å². The number of rotatable bonds is 4. The summed E-state index contributed by atoms with van der Waals surface area (Å²) >= 11 is 6.02. The van der Waals surface area contributed by atoms with Crippen molar-refractivity contribution >= 4 is 17.6 Å². The lowest BCUT2D eigenvalue weighted by molar-refractivity contribution is 0.0729. The Labute approximate surface area is 123 Å². The summed E-state index contributed by atoms with van der Waals surface area (Å²) in [6, 6.07) is 14.1. The smallest absolute Gasteiger partial charge is 0.343 e. The van der Waals surface area contributed by atoms with Crippen molar-refractivity contribution in [3.05, 3.63) is 59.7 Å². The maximum Gasteiger partial charge on any atom is 0.343 e. The van der Waals surface area contributed by atoms with Gasteiger partial charge in [0.25, 0.3) is 0 Å². The van der Waals surface area contributed by atoms with Gasteiger partial charge in [0.15, 0.2) is 11.5 Å². The molecule has 0 saturated heterocycles. The van der Waals surface area contributed by atoms with Crippen LogP contribution >= 0.6 is 11.6 Å². The highest BCUT2D eigenvalue weighted by atomic mass is 35.5. The normalized spacial score (nSPS) is 11.8. The Morgan fingerprint density at radius 2 is 1.80 bits per heavy atom. The number of alkyl halides is 1. The zero-order chi connectivity index (χ0) is 14.5. The summed E-state index contributed by atoms with van der Waals surface area (Å²) in [5.41, 5.74) is 1.40. The highest BCUT2D eigenvalue weighted by Crippen LogP contribution is 2.32. The van der Waals surface area contributed by atoms with Gasteiger partial charge in [0.1, 0.15) is 0 Å². The van der Waals surface area contributed by atoms with Crippen molar-refractivity contribution in [3.8, 4) is 11.5 Å². The summed E-state index contributed by atoms with van der Waals surface area (Å²) in [4.78, 5) is 12.0. The molecule has 0 amide bonds. The molecule has 1 unspecified atom stereocenters. The Morgan fingerprint density at radius 3 is 2.40 bits per heavy atom. The number of hydrogen-bond donors (Lipinski definition) is 0. The molecule has 0 aliphatic heterocycles. The summed E-state index contributed by atoms with van der Waals surface area (Å²) in [6.45, 7) is 1.87. The van der Waals surface area contributed by atoms with Crippen LogP contribution in [0.25, 0.3) is 0 Å². The SMILES string of the molecule is COc1cc(C(C)Cl)ccc1OC(=O)c1ccccc1. The van der Waals surface area contributed by atoms with Crippen LogP contribution in [0.5, 0.6) is 11.5 Å². The monoisotopic (exact) mass is 290 g/mol. The molecule has 20 heavy (non-hydrogen) atoms. The minimum absolute atomic E-state index is 0.136. The summed E-state index contributed by atoms with van der Waals surface area (Å²) in [5, 5.41) is -0.136. The number of carbonyl (C=O) groups is 1. The zero-order valence-corrected chi connectivity index (χ0v) is 12.1. The summed E-state index contributed by atoms with van der Waals surface area (Å²) in [6.07, 6.45) is 0. The third-order valence-corrected chi connectivity index (χ3v) is 3.11. The van der Waals surface area contributed by atoms with E-state index >= 15 is 0 Å². The molecule has 2 aromatic carbocycles. The average Bonchev–Trinajstić information content (AvgIpc) is 2.48. The van der Waals surface area contributed by atoms with Crippen molar-refractivity contribution < 1.29 is 14.3 Å². The minimum Gasteiger partial charge on any atom is -0.493 e. The fraction of sp³-hybridized carbons (Fsp3) is 0.188. The molecule has 0 N–H and O–H groups in total. The van der Waals surface area contributed by atoms with E-state index in [-0.39, 0.29) is 5.38 Å². The van der Waals surface area contributed by atoms with E-state index in [0.717, 1.165) is 5.56 Å². The standard InChI is InChI=1S/C16H15ClO3/c1-11(17)13-8-9-14(15(10-13)19-2)20-16(18)12-6-4-3-5-7-12/h3-11H,1-2H3. The predicted molar refractivity (Wildman–Crippen MR) is 78.7 cm³/mol. The van der Waals surface area contributed by atoms with Gasteiger partial charge in [0, 0.05) is 0 Å². The maximum atomic E-state index is 12.0. The molecule has 0 aliphatic carbocycles. The van der Waals surface area contributed by atoms with Gasteiger partial charge >= 0.3 is 5.97 Å². The fourth-order valence-electron chi connectivity index (χ4n) is 1.75. The second kappa shape index (κ2) is 6.44. The second-order valence-corrected chi connectivity index (χ2v) is 4.94. The van der Waals surface area contributed by atoms with Gasteiger partial charge in [0.05, 0.1) is 18.1 Å². The number of benzene rings is 2. The van der Waals surface area contributed by atoms with Gasteiger partial charge in [-0.25, -0.2) is 4.79 Å². The van der Waals surface area contributed by atoms with E-state index in [1.807, 2.05) is 19.1 Å². The summed E-state index contributed by atoms with van der Waals surface area (Å²) in [5.74, 6) is 0.442. The summed E-state index contributed by atoms with van der Waals surface area (Å²) in [7, 11) is 1.53. The average molecular weight is 291 g/mol. The Hall–Kier alpha value is -2.00. The quantitative estimate of drug-likeness (QED) is 0.480. The molecule has 1 atom stereocenters. The first-order valence-electron chi connectivity index (χ1n) is 6.21. The van der Waals surface area contributed by atoms with Crippen LogP contribution in [0.1, 0.15) is 28.2 Å². The van der Waals surface area contributed by atoms with Crippen LogP contribution in [0.2, 0.25) is 0 Å². The molecule has 0 aliphatic rings. The van der Waals surface area contributed by atoms with Crippen molar-refractivity contribution in [2.45, 2.75) is 12.3 Å². The molecule has 104 valence electrons. The Kier molecular flexibility index (Phi) is 4.64. The molecule has 4 heteroatoms.